The van der Waals surface area contributed by atoms with Crippen LogP contribution in [0.3, 0.4) is 0 Å². The zero-order chi connectivity index (χ0) is 27.5. The number of hydrogen-bond donors (Lipinski definition) is 1. The third-order valence-corrected chi connectivity index (χ3v) is 7.44. The normalized spacial score (nSPS) is 20.6. The average molecular weight is 527 g/mol. The largest absolute Gasteiger partial charge is 0.444 e. The molecule has 2 aliphatic rings. The Morgan fingerprint density at radius 2 is 1.95 bits per heavy atom. The molecule has 6 heterocycles. The molecular formula is C28H30N8O3. The van der Waals surface area contributed by atoms with Crippen LogP contribution in [-0.4, -0.2) is 77.9 Å². The number of hydrogen-bond acceptors (Lipinski definition) is 8. The molecule has 6 rings (SSSR count). The number of pyridine rings is 2. The second-order valence-electron chi connectivity index (χ2n) is 11.2. The molecule has 2 saturated heterocycles. The van der Waals surface area contributed by atoms with Crippen molar-refractivity contribution < 1.29 is 14.6 Å². The summed E-state index contributed by atoms with van der Waals surface area (Å²) in [6, 6.07) is 8.15. The molecule has 1 amide bonds. The zero-order valence-electron chi connectivity index (χ0n) is 22.3. The van der Waals surface area contributed by atoms with Crippen LogP contribution in [0.15, 0.2) is 49.2 Å². The number of aromatic nitrogens is 5. The first-order valence-corrected chi connectivity index (χ1v) is 12.9. The molecule has 2 aliphatic heterocycles. The molecule has 11 heteroatoms. The Morgan fingerprint density at radius 3 is 2.59 bits per heavy atom. The van der Waals surface area contributed by atoms with Gasteiger partial charge in [0, 0.05) is 73.5 Å². The van der Waals surface area contributed by atoms with Gasteiger partial charge in [-0.2, -0.15) is 15.5 Å². The van der Waals surface area contributed by atoms with Crippen molar-refractivity contribution in [3.05, 3.63) is 54.7 Å². The van der Waals surface area contributed by atoms with E-state index in [0.717, 1.165) is 28.1 Å². The van der Waals surface area contributed by atoms with Gasteiger partial charge in [0.15, 0.2) is 0 Å². The van der Waals surface area contributed by atoms with Crippen LogP contribution in [0, 0.1) is 17.2 Å². The summed E-state index contributed by atoms with van der Waals surface area (Å²) in [7, 11) is 1.87. The van der Waals surface area contributed by atoms with Crippen LogP contribution >= 0.6 is 0 Å². The van der Waals surface area contributed by atoms with E-state index in [1.165, 1.54) is 0 Å². The molecule has 4 aromatic heterocycles. The number of aliphatic hydroxyl groups excluding tert-OH is 1. The fraction of sp³-hybridized carbons (Fsp3) is 0.393. The van der Waals surface area contributed by atoms with Crippen LogP contribution in [0.1, 0.15) is 26.3 Å². The lowest BCUT2D eigenvalue weighted by Gasteiger charge is -2.48. The number of aliphatic hydroxyl groups is 1. The van der Waals surface area contributed by atoms with Gasteiger partial charge in [-0.25, -0.2) is 14.3 Å². The van der Waals surface area contributed by atoms with E-state index in [9.17, 15) is 15.2 Å². The van der Waals surface area contributed by atoms with Gasteiger partial charge in [0.25, 0.3) is 0 Å². The molecule has 0 saturated carbocycles. The number of likely N-dealkylation sites (tertiary alicyclic amines) is 1. The maximum Gasteiger partial charge on any atom is 0.410 e. The van der Waals surface area contributed by atoms with Crippen molar-refractivity contribution >= 4 is 17.4 Å². The number of nitriles is 1. The van der Waals surface area contributed by atoms with Crippen LogP contribution in [0.5, 0.6) is 0 Å². The molecule has 39 heavy (non-hydrogen) atoms. The number of aryl methyl sites for hydroxylation is 1. The van der Waals surface area contributed by atoms with Crippen LogP contribution in [0.2, 0.25) is 0 Å². The van der Waals surface area contributed by atoms with E-state index in [1.807, 2.05) is 58.4 Å². The van der Waals surface area contributed by atoms with Gasteiger partial charge in [0.2, 0.25) is 0 Å². The van der Waals surface area contributed by atoms with Crippen LogP contribution in [-0.2, 0) is 11.8 Å². The van der Waals surface area contributed by atoms with Gasteiger partial charge in [0.05, 0.1) is 35.6 Å². The Hall–Kier alpha value is -4.43. The van der Waals surface area contributed by atoms with Crippen molar-refractivity contribution in [2.75, 3.05) is 24.6 Å². The summed E-state index contributed by atoms with van der Waals surface area (Å²) in [5.74, 6) is 0.691. The van der Waals surface area contributed by atoms with Gasteiger partial charge in [0.1, 0.15) is 17.5 Å². The topological polar surface area (TPSA) is 125 Å². The predicted molar refractivity (Wildman–Crippen MR) is 144 cm³/mol. The molecule has 0 spiro atoms. The molecule has 2 fully saturated rings. The standard InChI is InChI=1S/C28H30N8O3/c1-28(2,3)39-27(38)34-13-21(16-37)26-23(34)15-35(26)24-6-5-17(9-30-24)22-7-18(20-11-31-33(4)12-20)14-36-25(22)19(8-29)10-32-36/h5-7,9-12,14,21,23,26,37H,13,15-16H2,1-4H3/t21?,23-,26-/m0/s1. The summed E-state index contributed by atoms with van der Waals surface area (Å²) in [5.41, 5.74) is 4.18. The summed E-state index contributed by atoms with van der Waals surface area (Å²) in [5, 5.41) is 28.5. The summed E-state index contributed by atoms with van der Waals surface area (Å²) >= 11 is 0. The van der Waals surface area contributed by atoms with Gasteiger partial charge >= 0.3 is 6.09 Å². The molecule has 4 aromatic rings. The molecule has 1 N–H and O–H groups in total. The fourth-order valence-corrected chi connectivity index (χ4v) is 5.66. The molecule has 0 aliphatic carbocycles. The highest BCUT2D eigenvalue weighted by atomic mass is 16.6. The molecule has 1 unspecified atom stereocenters. The highest BCUT2D eigenvalue weighted by Gasteiger charge is 2.55. The number of rotatable bonds is 4. The Labute approximate surface area is 225 Å². The highest BCUT2D eigenvalue weighted by Crippen LogP contribution is 2.40. The maximum atomic E-state index is 12.8. The minimum atomic E-state index is -0.578. The lowest BCUT2D eigenvalue weighted by atomic mass is 9.89. The van der Waals surface area contributed by atoms with E-state index >= 15 is 0 Å². The van der Waals surface area contributed by atoms with Crippen molar-refractivity contribution in [1.29, 1.82) is 5.26 Å². The first-order valence-electron chi connectivity index (χ1n) is 12.9. The van der Waals surface area contributed by atoms with E-state index in [2.05, 4.69) is 21.2 Å². The van der Waals surface area contributed by atoms with E-state index in [0.29, 0.717) is 24.2 Å². The van der Waals surface area contributed by atoms with Crippen LogP contribution < -0.4 is 4.90 Å². The Kier molecular flexibility index (Phi) is 5.80. The van der Waals surface area contributed by atoms with E-state index < -0.39 is 5.60 Å². The molecule has 11 nitrogen and oxygen atoms in total. The molecule has 0 aromatic carbocycles. The third kappa shape index (κ3) is 4.27. The SMILES string of the molecule is Cn1cc(-c2cc(-c3ccc(N4C[C@H]5[C@@H]4C(CO)CN5C(=O)OC(C)(C)C)nc3)c3c(C#N)cnn3c2)cn1. The van der Waals surface area contributed by atoms with E-state index in [-0.39, 0.29) is 30.7 Å². The van der Waals surface area contributed by atoms with Crippen molar-refractivity contribution in [2.24, 2.45) is 13.0 Å². The molecule has 200 valence electrons. The Morgan fingerprint density at radius 1 is 1.13 bits per heavy atom. The Balaban J connectivity index is 1.30. The highest BCUT2D eigenvalue weighted by molar-refractivity contribution is 5.87. The van der Waals surface area contributed by atoms with Crippen LogP contribution in [0.25, 0.3) is 27.8 Å². The minimum absolute atomic E-state index is 0.0215. The number of ether oxygens (including phenoxy) is 1. The first kappa shape index (κ1) is 24.9. The van der Waals surface area contributed by atoms with Crippen molar-refractivity contribution in [3.63, 3.8) is 0 Å². The second-order valence-corrected chi connectivity index (χ2v) is 11.2. The third-order valence-electron chi connectivity index (χ3n) is 7.44. The van der Waals surface area contributed by atoms with Gasteiger partial charge < -0.3 is 19.6 Å². The maximum absolute atomic E-state index is 12.8. The number of fused-ring (bicyclic) bond motifs is 2. The number of carbonyl (C=O) groups is 1. The lowest BCUT2D eigenvalue weighted by Crippen LogP contribution is -2.65. The summed E-state index contributed by atoms with van der Waals surface area (Å²) in [6.07, 6.45) is 8.64. The zero-order valence-corrected chi connectivity index (χ0v) is 22.3. The van der Waals surface area contributed by atoms with Crippen molar-refractivity contribution in [3.8, 4) is 28.3 Å². The van der Waals surface area contributed by atoms with Gasteiger partial charge in [-0.05, 0) is 39.0 Å². The second kappa shape index (κ2) is 9.10. The van der Waals surface area contributed by atoms with Gasteiger partial charge in [-0.1, -0.05) is 0 Å². The summed E-state index contributed by atoms with van der Waals surface area (Å²) in [4.78, 5) is 21.4. The number of anilines is 1. The first-order chi connectivity index (χ1) is 18.7. The smallest absolute Gasteiger partial charge is 0.410 e. The Bertz CT molecular complexity index is 1590. The molecular weight excluding hydrogens is 496 g/mol. The molecule has 3 atom stereocenters. The van der Waals surface area contributed by atoms with Crippen molar-refractivity contribution in [2.45, 2.75) is 38.5 Å². The summed E-state index contributed by atoms with van der Waals surface area (Å²) < 4.78 is 9.06. The van der Waals surface area contributed by atoms with Gasteiger partial charge in [-0.15, -0.1) is 0 Å². The number of amides is 1. The number of carbonyl (C=O) groups excluding carboxylic acids is 1. The van der Waals surface area contributed by atoms with Crippen LogP contribution in [0.4, 0.5) is 10.6 Å². The average Bonchev–Trinajstić information content (AvgIpc) is 3.58. The quantitative estimate of drug-likeness (QED) is 0.430. The van der Waals surface area contributed by atoms with Crippen molar-refractivity contribution in [1.82, 2.24) is 29.3 Å². The lowest BCUT2D eigenvalue weighted by molar-refractivity contribution is 0.0192. The van der Waals surface area contributed by atoms with Gasteiger partial charge in [-0.3, -0.25) is 4.68 Å². The minimum Gasteiger partial charge on any atom is -0.444 e. The summed E-state index contributed by atoms with van der Waals surface area (Å²) in [6.45, 7) is 6.60. The molecule has 0 radical (unpaired) electrons. The molecule has 0 bridgehead atoms. The monoisotopic (exact) mass is 526 g/mol. The van der Waals surface area contributed by atoms with E-state index in [4.69, 9.17) is 9.72 Å². The fourth-order valence-electron chi connectivity index (χ4n) is 5.66. The predicted octanol–water partition coefficient (Wildman–Crippen LogP) is 3.08. The number of nitrogens with zero attached hydrogens (tertiary/aromatic N) is 8. The van der Waals surface area contributed by atoms with E-state index in [1.54, 1.807) is 32.7 Å².